The molecular formula is C16H24BNO3. The van der Waals surface area contributed by atoms with Crippen LogP contribution in [0.2, 0.25) is 0 Å². The minimum Gasteiger partial charge on any atom is -0.490 e. The molecule has 21 heavy (non-hydrogen) atoms. The summed E-state index contributed by atoms with van der Waals surface area (Å²) in [4.78, 5) is 0. The zero-order valence-corrected chi connectivity index (χ0v) is 13.7. The standard InChI is InChI=1S/C16H24BNO3/c1-11(2)20-14-8-7-13(9-12(14)10-18)17-21-16(5,6)15(3,4)19/h7-9,11,17,19H,1-6H3. The molecule has 0 unspecified atom stereocenters. The maximum Gasteiger partial charge on any atom is 0.309 e. The number of hydrogen-bond donors (Lipinski definition) is 1. The quantitative estimate of drug-likeness (QED) is 0.812. The smallest absolute Gasteiger partial charge is 0.309 e. The van der Waals surface area contributed by atoms with Crippen molar-refractivity contribution in [3.63, 3.8) is 0 Å². The summed E-state index contributed by atoms with van der Waals surface area (Å²) in [5.74, 6) is 0.581. The van der Waals surface area contributed by atoms with Crippen molar-refractivity contribution in [2.45, 2.75) is 58.8 Å². The van der Waals surface area contributed by atoms with Crippen molar-refractivity contribution in [1.82, 2.24) is 0 Å². The van der Waals surface area contributed by atoms with Gasteiger partial charge in [0.1, 0.15) is 11.8 Å². The second-order valence-electron chi connectivity index (χ2n) is 6.47. The number of nitrogens with zero attached hydrogens (tertiary/aromatic N) is 1. The predicted molar refractivity (Wildman–Crippen MR) is 85.2 cm³/mol. The van der Waals surface area contributed by atoms with Gasteiger partial charge in [-0.1, -0.05) is 11.5 Å². The summed E-state index contributed by atoms with van der Waals surface area (Å²) in [5.41, 5.74) is -0.274. The summed E-state index contributed by atoms with van der Waals surface area (Å²) in [7, 11) is 0.327. The highest BCUT2D eigenvalue weighted by Crippen LogP contribution is 2.24. The van der Waals surface area contributed by atoms with Crippen LogP contribution in [0.15, 0.2) is 18.2 Å². The van der Waals surface area contributed by atoms with Crippen LogP contribution >= 0.6 is 0 Å². The molecule has 0 amide bonds. The Morgan fingerprint density at radius 3 is 2.33 bits per heavy atom. The van der Waals surface area contributed by atoms with Crippen molar-refractivity contribution in [3.8, 4) is 11.8 Å². The van der Waals surface area contributed by atoms with Gasteiger partial charge in [-0.3, -0.25) is 0 Å². The van der Waals surface area contributed by atoms with Crippen LogP contribution < -0.4 is 10.2 Å². The molecule has 5 heteroatoms. The molecule has 0 atom stereocenters. The molecule has 0 aromatic heterocycles. The molecule has 0 spiro atoms. The first-order chi connectivity index (χ1) is 9.56. The van der Waals surface area contributed by atoms with E-state index in [0.717, 1.165) is 5.46 Å². The van der Waals surface area contributed by atoms with Gasteiger partial charge in [0, 0.05) is 0 Å². The third-order valence-electron chi connectivity index (χ3n) is 3.60. The molecule has 0 fully saturated rings. The Labute approximate surface area is 128 Å². The third-order valence-corrected chi connectivity index (χ3v) is 3.60. The molecule has 0 heterocycles. The zero-order valence-electron chi connectivity index (χ0n) is 13.7. The summed E-state index contributed by atoms with van der Waals surface area (Å²) in [6, 6.07) is 7.56. The molecule has 0 aliphatic carbocycles. The lowest BCUT2D eigenvalue weighted by Crippen LogP contribution is -2.49. The van der Waals surface area contributed by atoms with E-state index in [0.29, 0.717) is 18.8 Å². The van der Waals surface area contributed by atoms with E-state index >= 15 is 0 Å². The molecule has 0 bridgehead atoms. The highest BCUT2D eigenvalue weighted by Gasteiger charge is 2.35. The molecule has 1 N–H and O–H groups in total. The van der Waals surface area contributed by atoms with E-state index in [1.807, 2.05) is 33.8 Å². The van der Waals surface area contributed by atoms with E-state index in [1.54, 1.807) is 26.0 Å². The summed E-state index contributed by atoms with van der Waals surface area (Å²) < 4.78 is 11.4. The van der Waals surface area contributed by atoms with Crippen molar-refractivity contribution in [2.75, 3.05) is 0 Å². The zero-order chi connectivity index (χ0) is 16.3. The van der Waals surface area contributed by atoms with Crippen LogP contribution in [-0.2, 0) is 4.65 Å². The fourth-order valence-corrected chi connectivity index (χ4v) is 1.55. The second-order valence-corrected chi connectivity index (χ2v) is 6.47. The van der Waals surface area contributed by atoms with Crippen molar-refractivity contribution >= 4 is 12.9 Å². The van der Waals surface area contributed by atoms with Crippen molar-refractivity contribution < 1.29 is 14.5 Å². The van der Waals surface area contributed by atoms with Gasteiger partial charge >= 0.3 is 7.48 Å². The van der Waals surface area contributed by atoms with Crippen LogP contribution in [0.4, 0.5) is 0 Å². The molecular weight excluding hydrogens is 265 g/mol. The Morgan fingerprint density at radius 1 is 1.24 bits per heavy atom. The van der Waals surface area contributed by atoms with Crippen LogP contribution in [-0.4, -0.2) is 29.9 Å². The number of nitriles is 1. The molecule has 0 saturated carbocycles. The minimum atomic E-state index is -0.953. The van der Waals surface area contributed by atoms with Crippen molar-refractivity contribution in [3.05, 3.63) is 23.8 Å². The maximum absolute atomic E-state index is 10.1. The van der Waals surface area contributed by atoms with Gasteiger partial charge in [-0.05, 0) is 53.7 Å². The van der Waals surface area contributed by atoms with Gasteiger partial charge in [-0.25, -0.2) is 0 Å². The highest BCUT2D eigenvalue weighted by atomic mass is 16.5. The van der Waals surface area contributed by atoms with E-state index in [1.165, 1.54) is 0 Å². The van der Waals surface area contributed by atoms with E-state index in [2.05, 4.69) is 6.07 Å². The lowest BCUT2D eigenvalue weighted by Gasteiger charge is -2.37. The third kappa shape index (κ3) is 4.77. The summed E-state index contributed by atoms with van der Waals surface area (Å²) in [5, 5.41) is 19.3. The number of benzene rings is 1. The molecule has 1 aromatic carbocycles. The van der Waals surface area contributed by atoms with E-state index in [4.69, 9.17) is 9.39 Å². The normalized spacial score (nSPS) is 12.1. The van der Waals surface area contributed by atoms with E-state index in [-0.39, 0.29) is 6.10 Å². The van der Waals surface area contributed by atoms with Gasteiger partial charge in [0.25, 0.3) is 0 Å². The summed E-state index contributed by atoms with van der Waals surface area (Å²) >= 11 is 0. The number of aliphatic hydroxyl groups is 1. The lowest BCUT2D eigenvalue weighted by molar-refractivity contribution is -0.0893. The first-order valence-electron chi connectivity index (χ1n) is 7.13. The molecule has 1 rings (SSSR count). The molecule has 4 nitrogen and oxygen atoms in total. The van der Waals surface area contributed by atoms with Gasteiger partial charge in [0.15, 0.2) is 0 Å². The topological polar surface area (TPSA) is 62.5 Å². The molecule has 0 aliphatic heterocycles. The van der Waals surface area contributed by atoms with Crippen LogP contribution in [0.1, 0.15) is 47.1 Å². The van der Waals surface area contributed by atoms with Gasteiger partial charge < -0.3 is 14.5 Å². The van der Waals surface area contributed by atoms with Gasteiger partial charge in [0.2, 0.25) is 0 Å². The molecule has 0 saturated heterocycles. The molecule has 0 radical (unpaired) electrons. The van der Waals surface area contributed by atoms with Crippen LogP contribution in [0.25, 0.3) is 0 Å². The highest BCUT2D eigenvalue weighted by molar-refractivity contribution is 6.47. The largest absolute Gasteiger partial charge is 0.490 e. The minimum absolute atomic E-state index is 0.0216. The van der Waals surface area contributed by atoms with E-state index in [9.17, 15) is 10.4 Å². The van der Waals surface area contributed by atoms with Crippen molar-refractivity contribution in [2.24, 2.45) is 0 Å². The number of rotatable bonds is 6. The SMILES string of the molecule is CC(C)Oc1ccc(BOC(C)(C)C(C)(C)O)cc1C#N. The molecule has 114 valence electrons. The molecule has 1 aromatic rings. The van der Waals surface area contributed by atoms with Crippen LogP contribution in [0, 0.1) is 11.3 Å². The Bertz CT molecular complexity index is 527. The number of ether oxygens (including phenoxy) is 1. The van der Waals surface area contributed by atoms with Crippen LogP contribution in [0.3, 0.4) is 0 Å². The number of hydrogen-bond acceptors (Lipinski definition) is 4. The maximum atomic E-state index is 10.1. The monoisotopic (exact) mass is 289 g/mol. The van der Waals surface area contributed by atoms with Gasteiger partial charge in [-0.2, -0.15) is 5.26 Å². The first kappa shape index (κ1) is 17.5. The lowest BCUT2D eigenvalue weighted by atomic mass is 9.82. The Morgan fingerprint density at radius 2 is 1.86 bits per heavy atom. The van der Waals surface area contributed by atoms with Crippen molar-refractivity contribution in [1.29, 1.82) is 5.26 Å². The van der Waals surface area contributed by atoms with E-state index < -0.39 is 11.2 Å². The predicted octanol–water partition coefficient (Wildman–Crippen LogP) is 1.89. The Hall–Kier alpha value is -1.51. The summed E-state index contributed by atoms with van der Waals surface area (Å²) in [6.07, 6.45) is 0.0216. The Balaban J connectivity index is 2.85. The molecule has 0 aliphatic rings. The first-order valence-corrected chi connectivity index (χ1v) is 7.13. The fraction of sp³-hybridized carbons (Fsp3) is 0.562. The van der Waals surface area contributed by atoms with Crippen LogP contribution in [0.5, 0.6) is 5.75 Å². The average molecular weight is 289 g/mol. The second kappa shape index (κ2) is 6.51. The van der Waals surface area contributed by atoms with Gasteiger partial charge in [0.05, 0.1) is 22.9 Å². The Kier molecular flexibility index (Phi) is 5.44. The fourth-order valence-electron chi connectivity index (χ4n) is 1.55. The van der Waals surface area contributed by atoms with Gasteiger partial charge in [-0.15, -0.1) is 0 Å². The average Bonchev–Trinajstić information content (AvgIpc) is 2.35. The summed E-state index contributed by atoms with van der Waals surface area (Å²) in [6.45, 7) is 11.0.